The Bertz CT molecular complexity index is 5080. The molecule has 1 unspecified atom stereocenters. The zero-order chi connectivity index (χ0) is 82.3. The third kappa shape index (κ3) is 22.1. The van der Waals surface area contributed by atoms with Crippen molar-refractivity contribution in [3.8, 4) is 0 Å². The number of nitrogen functional groups attached to an aromatic ring is 1. The van der Waals surface area contributed by atoms with Crippen LogP contribution in [0.1, 0.15) is 191 Å². The maximum atomic E-state index is 14.6. The van der Waals surface area contributed by atoms with Gasteiger partial charge in [-0.15, -0.1) is 0 Å². The number of aromatic nitrogens is 8. The van der Waals surface area contributed by atoms with Crippen LogP contribution in [0.25, 0.3) is 33.2 Å². The van der Waals surface area contributed by atoms with Crippen molar-refractivity contribution in [2.24, 2.45) is 0 Å². The predicted octanol–water partition coefficient (Wildman–Crippen LogP) is 3.47. The second-order valence-corrected chi connectivity index (χ2v) is 33.3. The molecular weight excluding hydrogens is 1720 g/mol. The number of fused-ring (bicyclic) bond motifs is 9. The summed E-state index contributed by atoms with van der Waals surface area (Å²) in [5.74, 6) is -13.2. The molecule has 6 aromatic rings. The SMILES string of the molecule is CC[C@H]1c2cc3[nH]c4c(c3C)C(=O)C(C(=O)OC)c4c3nc(cc4[nH]c(cc(n2)[C@@H]1C)c(C(C)=O)c4C)[C@@H](C)[C@@H]3CCC(=O)NCCC[C@H](NC(=O)C[CH2][PoH])C(=O)NCCSSC[C@H](NC(=O)[C@H](CC(=O)NCCS(=O)(=O)O)NC(=O)CC[C@H](NC(=O)c1ccc(NCc2cnc3nc(N)[nH]c(=O)c3n2)cc1)C(=O)O)C(=O)O. The molecule has 0 saturated carbocycles. The molecule has 1 aliphatic carbocycles. The molecule has 36 nitrogen and oxygen atoms in total. The van der Waals surface area contributed by atoms with E-state index in [0.29, 0.717) is 76.7 Å². The molecule has 1 aromatic carbocycles. The predicted molar refractivity (Wildman–Crippen MR) is 420 cm³/mol. The van der Waals surface area contributed by atoms with Gasteiger partial charge in [0.05, 0.1) is 54.4 Å². The van der Waals surface area contributed by atoms with Crippen LogP contribution in [0, 0.1) is 13.8 Å². The Balaban J connectivity index is 0.777. The number of carboxylic acid groups (broad SMARTS) is 2. The van der Waals surface area contributed by atoms with Gasteiger partial charge in [-0.2, -0.15) is 13.4 Å². The average molecular weight is 1810 g/mol. The van der Waals surface area contributed by atoms with Crippen molar-refractivity contribution >= 4 is 172 Å². The van der Waals surface area contributed by atoms with E-state index >= 15 is 0 Å². The molecule has 40 heteroatoms. The van der Waals surface area contributed by atoms with E-state index in [1.807, 2.05) is 39.0 Å². The zero-order valence-electron chi connectivity index (χ0n) is 62.7. The molecule has 3 aliphatic rings. The van der Waals surface area contributed by atoms with Gasteiger partial charge in [0.2, 0.25) is 23.7 Å². The first-order valence-electron chi connectivity index (χ1n) is 36.2. The number of nitrogens with one attached hydrogen (secondary N) is 11. The number of Topliss-reactive ketones (excluding diaryl/α,β-unsaturated/α-hetero) is 2. The molecule has 7 amide bonds. The molecule has 0 fully saturated rings. The number of carbonyl (C=O) groups is 12. The number of rotatable bonds is 38. The van der Waals surface area contributed by atoms with Crippen molar-refractivity contribution in [3.63, 3.8) is 0 Å². The number of amides is 7. The Kier molecular flexibility index (Phi) is 29.9. The number of aliphatic carboxylic acids is 2. The van der Waals surface area contributed by atoms with Crippen LogP contribution < -0.4 is 53.8 Å². The minimum absolute atomic E-state index is 0.00578. The first-order valence-corrected chi connectivity index (χ1v) is 42.8. The number of nitrogens with two attached hydrogens (primary N) is 1. The number of aryl methyl sites for hydroxylation is 2. The Morgan fingerprint density at radius 1 is 0.699 bits per heavy atom. The van der Waals surface area contributed by atoms with Gasteiger partial charge in [-0.1, -0.05) is 20.8 Å². The van der Waals surface area contributed by atoms with Crippen LogP contribution in [0.2, 0.25) is 4.08 Å². The standard InChI is InChI=1S/C73H88N17O19S3.Po.H/c1-9-41-33(3)45-28-50-57(37(7)91)35(5)47(82-50)26-46-34(4)42(61(85-46)59-60(72(105)109-8)64(96)58-36(6)48(86-62(58)59)27-49(41)81-45)17-19-54(93)75-21-11-12-43(83-53(92)10-2)67(98)77-22-24-110-111-32-52(71(103)104)88-68(99)51(29-56(95)76-23-25-112(106,107)108)84-55(94)20-18-44(70(101)102)87-66(97)38-13-15-39(16-14-38)78-30-40-31-79-65-63(80-40)69(100)90-73(74)89-65;;/h13-16,26-28,31,33-34,41-44,51-52,60,78,82,86H,2,9-12,17-25,29-30,32H2,1,3-8H3,(H,75,93)(H,76,95)(H,77,98)(H,83,92)(H,84,94)(H,87,97)(H,88,99)(H,101,102)(H,103,104)(H,106,107,108)(H3,74,79,89,90,100);;/t33-,34+,41-,42+,43+,44+,51+,52+,60?;;/m1../s1. The van der Waals surface area contributed by atoms with E-state index in [2.05, 4.69) is 86.3 Å². The van der Waals surface area contributed by atoms with Gasteiger partial charge >= 0.3 is 179 Å². The smallest absolute Gasteiger partial charge is 0.480 e. The van der Waals surface area contributed by atoms with Crippen molar-refractivity contribution in [1.82, 2.24) is 77.1 Å². The molecule has 2 aliphatic heterocycles. The van der Waals surface area contributed by atoms with Gasteiger partial charge < -0.3 is 57.2 Å². The number of methoxy groups -OCH3 is 1. The van der Waals surface area contributed by atoms with E-state index in [1.165, 1.54) is 44.5 Å². The van der Waals surface area contributed by atoms with Crippen molar-refractivity contribution < 1.29 is 85.5 Å². The number of hydrogen-bond acceptors (Lipinski definition) is 25. The summed E-state index contributed by atoms with van der Waals surface area (Å²) < 4.78 is 37.7. The summed E-state index contributed by atoms with van der Waals surface area (Å²) in [5, 5.41) is 40.7. The fraction of sp³-hybridized carbons (Fsp3) is 0.452. The molecule has 5 aromatic heterocycles. The number of carboxylic acids is 2. The molecule has 7 heterocycles. The van der Waals surface area contributed by atoms with Gasteiger partial charge in [-0.25, -0.2) is 19.6 Å². The first-order chi connectivity index (χ1) is 53.7. The number of nitrogens with zero attached hydrogens (tertiary/aromatic N) is 5. The third-order valence-corrected chi connectivity index (χ3v) is 23.6. The number of benzene rings is 1. The molecule has 0 radical (unpaired) electrons. The topological polar surface area (TPSA) is 560 Å². The second kappa shape index (κ2) is 39.0. The van der Waals surface area contributed by atoms with E-state index in [0.717, 1.165) is 64.5 Å². The maximum absolute atomic E-state index is 14.6. The van der Waals surface area contributed by atoms with Crippen LogP contribution in [0.3, 0.4) is 0 Å². The van der Waals surface area contributed by atoms with Gasteiger partial charge in [-0.3, -0.25) is 57.9 Å². The number of esters is 1. The molecule has 0 spiro atoms. The van der Waals surface area contributed by atoms with Gasteiger partial charge in [0, 0.05) is 92.7 Å². The van der Waals surface area contributed by atoms with Crippen molar-refractivity contribution in [2.45, 2.75) is 164 Å². The fourth-order valence-corrected chi connectivity index (χ4v) is 16.9. The second-order valence-electron chi connectivity index (χ2n) is 27.4. The molecule has 9 rings (SSSR count). The number of ketones is 2. The fourth-order valence-electron chi connectivity index (χ4n) is 13.7. The summed E-state index contributed by atoms with van der Waals surface area (Å²) in [4.78, 5) is 205. The van der Waals surface area contributed by atoms with Gasteiger partial charge in [0.15, 0.2) is 22.7 Å². The average Bonchev–Trinajstić information content (AvgIpc) is 1.56. The van der Waals surface area contributed by atoms with Crippen LogP contribution in [-0.4, -0.2) is 227 Å². The number of aromatic amines is 3. The minimum atomic E-state index is -4.55. The molecule has 9 atom stereocenters. The third-order valence-electron chi connectivity index (χ3n) is 19.6. The number of anilines is 2. The Morgan fingerprint density at radius 3 is 2.04 bits per heavy atom. The minimum Gasteiger partial charge on any atom is -0.480 e. The summed E-state index contributed by atoms with van der Waals surface area (Å²) in [6.45, 7) is 10.9. The molecule has 113 heavy (non-hydrogen) atoms. The van der Waals surface area contributed by atoms with E-state index in [-0.39, 0.29) is 121 Å². The Hall–Kier alpha value is -10.3. The molecule has 604 valence electrons. The summed E-state index contributed by atoms with van der Waals surface area (Å²) in [6, 6.07) is 5.30. The van der Waals surface area contributed by atoms with E-state index < -0.39 is 136 Å². The molecule has 8 bridgehead atoms. The molecular formula is C73H89N17O19PoS3. The normalized spacial score (nSPS) is 16.7. The number of carbonyl (C=O) groups excluding carboxylic acids is 10. The van der Waals surface area contributed by atoms with Crippen molar-refractivity contribution in [1.29, 1.82) is 0 Å². The number of ether oxygens (including phenoxy) is 1. The molecule has 16 N–H and O–H groups in total. The van der Waals surface area contributed by atoms with Crippen molar-refractivity contribution in [3.05, 3.63) is 121 Å². The van der Waals surface area contributed by atoms with Crippen LogP contribution in [0.15, 0.2) is 53.5 Å². The first kappa shape index (κ1) is 86.7. The quantitative estimate of drug-likeness (QED) is 0.00659. The van der Waals surface area contributed by atoms with Crippen LogP contribution in [0.4, 0.5) is 11.6 Å². The van der Waals surface area contributed by atoms with Crippen molar-refractivity contribution in [2.75, 3.05) is 55.1 Å². The summed E-state index contributed by atoms with van der Waals surface area (Å²) in [5.41, 5.74) is 13.3. The Labute approximate surface area is 670 Å². The van der Waals surface area contributed by atoms with Crippen LogP contribution in [0.5, 0.6) is 0 Å². The van der Waals surface area contributed by atoms with Gasteiger partial charge in [0.1, 0.15) is 24.0 Å². The van der Waals surface area contributed by atoms with E-state index in [9.17, 15) is 81.0 Å². The van der Waals surface area contributed by atoms with Gasteiger partial charge in [-0.05, 0) is 87.2 Å². The number of H-pyrrole nitrogens is 3. The summed E-state index contributed by atoms with van der Waals surface area (Å²) in [6.07, 6.45) is 0.747. The van der Waals surface area contributed by atoms with Crippen LogP contribution in [-0.2, 0) is 64.6 Å². The van der Waals surface area contributed by atoms with E-state index in [1.54, 1.807) is 0 Å². The summed E-state index contributed by atoms with van der Waals surface area (Å²) in [7, 11) is -1.26. The monoisotopic (exact) mass is 1810 g/mol. The summed E-state index contributed by atoms with van der Waals surface area (Å²) >= 11 is 0.934. The van der Waals surface area contributed by atoms with Gasteiger partial charge in [0.25, 0.3) is 21.6 Å². The van der Waals surface area contributed by atoms with E-state index in [4.69, 9.17) is 25.0 Å². The Morgan fingerprint density at radius 2 is 1.36 bits per heavy atom. The van der Waals surface area contributed by atoms with Crippen LogP contribution >= 0.6 is 21.6 Å². The zero-order valence-corrected chi connectivity index (χ0v) is 68.6. The molecule has 0 saturated heterocycles. The number of hydrogen-bond donors (Lipinski definition) is 15.